The van der Waals surface area contributed by atoms with Gasteiger partial charge in [-0.25, -0.2) is 0 Å². The van der Waals surface area contributed by atoms with Crippen molar-refractivity contribution in [2.45, 2.75) is 19.1 Å². The minimum absolute atomic E-state index is 0.105. The minimum Gasteiger partial charge on any atom is -0.390 e. The molecule has 2 rings (SSSR count). The maximum atomic E-state index is 12.0. The van der Waals surface area contributed by atoms with E-state index < -0.39 is 0 Å². The molecular formula is C10H18N2O3. The van der Waals surface area contributed by atoms with E-state index in [0.717, 1.165) is 0 Å². The predicted molar refractivity (Wildman–Crippen MR) is 54.4 cm³/mol. The molecule has 2 heterocycles. The summed E-state index contributed by atoms with van der Waals surface area (Å²) in [6.45, 7) is 5.82. The molecule has 0 bridgehead atoms. The second-order valence-electron chi connectivity index (χ2n) is 4.22. The van der Waals surface area contributed by atoms with Crippen LogP contribution in [0.4, 0.5) is 0 Å². The van der Waals surface area contributed by atoms with Crippen LogP contribution < -0.4 is 0 Å². The molecule has 2 saturated heterocycles. The summed E-state index contributed by atoms with van der Waals surface area (Å²) in [6, 6.07) is -0.105. The Hall–Kier alpha value is -0.650. The summed E-state index contributed by atoms with van der Waals surface area (Å²) in [5.41, 5.74) is 0. The zero-order valence-corrected chi connectivity index (χ0v) is 9.06. The van der Waals surface area contributed by atoms with Gasteiger partial charge in [-0.15, -0.1) is 0 Å². The quantitative estimate of drug-likeness (QED) is 0.634. The zero-order chi connectivity index (χ0) is 10.8. The second kappa shape index (κ2) is 4.47. The second-order valence-corrected chi connectivity index (χ2v) is 4.22. The van der Waals surface area contributed by atoms with Crippen LogP contribution in [0.3, 0.4) is 0 Å². The topological polar surface area (TPSA) is 53.0 Å². The molecule has 0 aliphatic carbocycles. The van der Waals surface area contributed by atoms with Crippen LogP contribution >= 0.6 is 0 Å². The summed E-state index contributed by atoms with van der Waals surface area (Å²) in [4.78, 5) is 15.8. The van der Waals surface area contributed by atoms with Crippen LogP contribution in [-0.2, 0) is 9.53 Å². The highest BCUT2D eigenvalue weighted by molar-refractivity contribution is 5.81. The van der Waals surface area contributed by atoms with Crippen molar-refractivity contribution in [1.29, 1.82) is 0 Å². The standard InChI is InChI=1S/C10H18N2O3/c1-8(12-6-9(13)7-12)10(14)11-2-4-15-5-3-11/h8-9,13H,2-7H2,1H3. The summed E-state index contributed by atoms with van der Waals surface area (Å²) in [5.74, 6) is 0.158. The van der Waals surface area contributed by atoms with E-state index in [1.165, 1.54) is 0 Å². The van der Waals surface area contributed by atoms with Gasteiger partial charge in [-0.3, -0.25) is 9.69 Å². The number of nitrogens with zero attached hydrogens (tertiary/aromatic N) is 2. The van der Waals surface area contributed by atoms with Crippen LogP contribution in [-0.4, -0.2) is 72.4 Å². The normalized spacial score (nSPS) is 26.1. The van der Waals surface area contributed by atoms with Gasteiger partial charge in [0.25, 0.3) is 0 Å². The van der Waals surface area contributed by atoms with Crippen LogP contribution in [0.5, 0.6) is 0 Å². The van der Waals surface area contributed by atoms with Crippen molar-refractivity contribution >= 4 is 5.91 Å². The van der Waals surface area contributed by atoms with E-state index in [1.54, 1.807) is 0 Å². The van der Waals surface area contributed by atoms with Crippen molar-refractivity contribution in [2.75, 3.05) is 39.4 Å². The number of aliphatic hydroxyl groups is 1. The largest absolute Gasteiger partial charge is 0.390 e. The number of morpholine rings is 1. The van der Waals surface area contributed by atoms with Crippen molar-refractivity contribution in [3.63, 3.8) is 0 Å². The number of amides is 1. The Kier molecular flexibility index (Phi) is 3.23. The molecule has 2 fully saturated rings. The molecule has 2 aliphatic heterocycles. The Labute approximate surface area is 89.6 Å². The van der Waals surface area contributed by atoms with Crippen LogP contribution in [0.15, 0.2) is 0 Å². The maximum Gasteiger partial charge on any atom is 0.239 e. The summed E-state index contributed by atoms with van der Waals surface area (Å²) in [6.07, 6.45) is -0.245. The lowest BCUT2D eigenvalue weighted by atomic mass is 10.1. The van der Waals surface area contributed by atoms with E-state index in [-0.39, 0.29) is 18.1 Å². The van der Waals surface area contributed by atoms with Crippen LogP contribution in [0, 0.1) is 0 Å². The first kappa shape index (κ1) is 10.9. The molecule has 0 aromatic carbocycles. The van der Waals surface area contributed by atoms with Crippen molar-refractivity contribution < 1.29 is 14.6 Å². The van der Waals surface area contributed by atoms with Gasteiger partial charge in [-0.1, -0.05) is 0 Å². The number of β-amino-alcohol motifs (C(OH)–C–C–N with tert-alkyl or cyclic N) is 1. The van der Waals surface area contributed by atoms with Gasteiger partial charge >= 0.3 is 0 Å². The molecule has 1 unspecified atom stereocenters. The molecule has 1 atom stereocenters. The van der Waals surface area contributed by atoms with Crippen molar-refractivity contribution in [1.82, 2.24) is 9.80 Å². The van der Waals surface area contributed by atoms with Crippen molar-refractivity contribution in [3.8, 4) is 0 Å². The smallest absolute Gasteiger partial charge is 0.239 e. The highest BCUT2D eigenvalue weighted by atomic mass is 16.5. The number of aliphatic hydroxyl groups excluding tert-OH is 1. The monoisotopic (exact) mass is 214 g/mol. The van der Waals surface area contributed by atoms with Crippen LogP contribution in [0.1, 0.15) is 6.92 Å². The average molecular weight is 214 g/mol. The Morgan fingerprint density at radius 2 is 2.00 bits per heavy atom. The highest BCUT2D eigenvalue weighted by Crippen LogP contribution is 2.14. The first-order valence-corrected chi connectivity index (χ1v) is 5.47. The fraction of sp³-hybridized carbons (Fsp3) is 0.900. The molecule has 5 nitrogen and oxygen atoms in total. The van der Waals surface area contributed by atoms with Crippen LogP contribution in [0.25, 0.3) is 0 Å². The summed E-state index contributed by atoms with van der Waals surface area (Å²) >= 11 is 0. The fourth-order valence-electron chi connectivity index (χ4n) is 2.01. The van der Waals surface area contributed by atoms with Crippen molar-refractivity contribution in [2.24, 2.45) is 0 Å². The highest BCUT2D eigenvalue weighted by Gasteiger charge is 2.34. The molecule has 86 valence electrons. The van der Waals surface area contributed by atoms with Gasteiger partial charge < -0.3 is 14.7 Å². The number of likely N-dealkylation sites (tertiary alicyclic amines) is 1. The summed E-state index contributed by atoms with van der Waals surface area (Å²) < 4.78 is 5.20. The van der Waals surface area contributed by atoms with Gasteiger partial charge in [0.2, 0.25) is 5.91 Å². The summed E-state index contributed by atoms with van der Waals surface area (Å²) in [7, 11) is 0. The van der Waals surface area contributed by atoms with Crippen LogP contribution in [0.2, 0.25) is 0 Å². The molecule has 15 heavy (non-hydrogen) atoms. The number of hydrogen-bond donors (Lipinski definition) is 1. The molecule has 1 amide bonds. The molecular weight excluding hydrogens is 196 g/mol. The third kappa shape index (κ3) is 2.30. The Morgan fingerprint density at radius 3 is 2.53 bits per heavy atom. The molecule has 2 aliphatic rings. The Bertz CT molecular complexity index is 235. The lowest BCUT2D eigenvalue weighted by Crippen LogP contribution is -2.59. The van der Waals surface area contributed by atoms with Gasteiger partial charge in [0.1, 0.15) is 0 Å². The predicted octanol–water partition coefficient (Wildman–Crippen LogP) is -1.09. The molecule has 0 aromatic heterocycles. The van der Waals surface area contributed by atoms with E-state index >= 15 is 0 Å². The summed E-state index contributed by atoms with van der Waals surface area (Å²) in [5, 5.41) is 9.17. The third-order valence-corrected chi connectivity index (χ3v) is 3.12. The Balaban J connectivity index is 1.83. The van der Waals surface area contributed by atoms with Gasteiger partial charge in [0.05, 0.1) is 25.4 Å². The zero-order valence-electron chi connectivity index (χ0n) is 9.06. The maximum absolute atomic E-state index is 12.0. The average Bonchev–Trinajstić information content (AvgIpc) is 2.24. The third-order valence-electron chi connectivity index (χ3n) is 3.12. The molecule has 1 N–H and O–H groups in total. The number of rotatable bonds is 2. The van der Waals surface area contributed by atoms with Gasteiger partial charge in [-0.05, 0) is 6.92 Å². The van der Waals surface area contributed by atoms with E-state index in [2.05, 4.69) is 0 Å². The first-order chi connectivity index (χ1) is 7.18. The molecule has 0 aromatic rings. The van der Waals surface area contributed by atoms with E-state index in [4.69, 9.17) is 4.74 Å². The molecule has 0 saturated carbocycles. The number of ether oxygens (including phenoxy) is 1. The van der Waals surface area contributed by atoms with E-state index in [1.807, 2.05) is 16.7 Å². The lowest BCUT2D eigenvalue weighted by Gasteiger charge is -2.41. The number of hydrogen-bond acceptors (Lipinski definition) is 4. The molecule has 0 spiro atoms. The van der Waals surface area contributed by atoms with E-state index in [9.17, 15) is 9.90 Å². The fourth-order valence-corrected chi connectivity index (χ4v) is 2.01. The van der Waals surface area contributed by atoms with Gasteiger partial charge in [0.15, 0.2) is 0 Å². The lowest BCUT2D eigenvalue weighted by molar-refractivity contribution is -0.144. The first-order valence-electron chi connectivity index (χ1n) is 5.47. The number of carbonyl (C=O) groups excluding carboxylic acids is 1. The minimum atomic E-state index is -0.245. The SMILES string of the molecule is CC(C(=O)N1CCOCC1)N1CC(O)C1. The number of carbonyl (C=O) groups is 1. The van der Waals surface area contributed by atoms with Crippen molar-refractivity contribution in [3.05, 3.63) is 0 Å². The molecule has 5 heteroatoms. The Morgan fingerprint density at radius 1 is 1.40 bits per heavy atom. The van der Waals surface area contributed by atoms with Gasteiger partial charge in [-0.2, -0.15) is 0 Å². The van der Waals surface area contributed by atoms with Gasteiger partial charge in [0, 0.05) is 26.2 Å². The van der Waals surface area contributed by atoms with E-state index in [0.29, 0.717) is 39.4 Å². The molecule has 0 radical (unpaired) electrons.